The summed E-state index contributed by atoms with van der Waals surface area (Å²) in [5.41, 5.74) is 3.22. The highest BCUT2D eigenvalue weighted by atomic mass is 16.7. The molecule has 5 aromatic rings. The number of fused-ring (bicyclic) bond motifs is 5. The molecule has 2 amide bonds. The molecule has 3 aromatic carbocycles. The molecule has 0 radical (unpaired) electrons. The van der Waals surface area contributed by atoms with Crippen LogP contribution < -0.4 is 14.2 Å². The minimum absolute atomic E-state index is 0.0599. The lowest BCUT2D eigenvalue weighted by Gasteiger charge is -2.26. The zero-order valence-corrected chi connectivity index (χ0v) is 27.3. The fraction of sp³-hybridized carbons (Fsp3) is 0.324. The van der Waals surface area contributed by atoms with E-state index in [1.165, 1.54) is 6.33 Å². The summed E-state index contributed by atoms with van der Waals surface area (Å²) in [6.07, 6.45) is 9.99. The van der Waals surface area contributed by atoms with E-state index in [1.807, 2.05) is 82.7 Å². The zero-order valence-electron chi connectivity index (χ0n) is 27.3. The molecule has 0 N–H and O–H groups in total. The molecule has 0 spiro atoms. The SMILES string of the molecule is O=C(CCc1ccc2c(c1)OCO2)N1CCCCN(C(=O)c2ccccc2-n2cncn2)CCCn2ccnc2-c2cccc(c2)OCC1. The monoisotopic (exact) mass is 661 g/mol. The van der Waals surface area contributed by atoms with Crippen LogP contribution in [0.2, 0.25) is 0 Å². The van der Waals surface area contributed by atoms with Crippen molar-refractivity contribution in [3.63, 3.8) is 0 Å². The zero-order chi connectivity index (χ0) is 33.4. The molecule has 2 aromatic heterocycles. The molecule has 2 aliphatic rings. The van der Waals surface area contributed by atoms with Crippen molar-refractivity contribution in [2.24, 2.45) is 0 Å². The third-order valence-corrected chi connectivity index (χ3v) is 8.88. The van der Waals surface area contributed by atoms with Gasteiger partial charge in [0, 0.05) is 50.6 Å². The van der Waals surface area contributed by atoms with E-state index in [0.717, 1.165) is 47.7 Å². The number of carbonyl (C=O) groups is 2. The summed E-state index contributed by atoms with van der Waals surface area (Å²) in [5, 5.41) is 4.27. The lowest BCUT2D eigenvalue weighted by Crippen LogP contribution is -2.37. The Morgan fingerprint density at radius 1 is 0.796 bits per heavy atom. The maximum Gasteiger partial charge on any atom is 0.256 e. The molecule has 7 rings (SSSR count). The average molecular weight is 662 g/mol. The molecule has 12 nitrogen and oxygen atoms in total. The largest absolute Gasteiger partial charge is 0.492 e. The van der Waals surface area contributed by atoms with E-state index in [2.05, 4.69) is 19.6 Å². The lowest BCUT2D eigenvalue weighted by molar-refractivity contribution is -0.131. The molecule has 0 saturated heterocycles. The van der Waals surface area contributed by atoms with Gasteiger partial charge in [-0.25, -0.2) is 14.6 Å². The Bertz CT molecular complexity index is 1890. The van der Waals surface area contributed by atoms with Gasteiger partial charge in [0.2, 0.25) is 12.7 Å². The summed E-state index contributed by atoms with van der Waals surface area (Å²) in [6, 6.07) is 21.2. The van der Waals surface area contributed by atoms with E-state index in [1.54, 1.807) is 17.2 Å². The van der Waals surface area contributed by atoms with Gasteiger partial charge in [-0.15, -0.1) is 0 Å². The van der Waals surface area contributed by atoms with Crippen LogP contribution in [0.3, 0.4) is 0 Å². The molecule has 12 heteroatoms. The van der Waals surface area contributed by atoms with Crippen molar-refractivity contribution < 1.29 is 23.8 Å². The van der Waals surface area contributed by atoms with Crippen molar-refractivity contribution >= 4 is 11.8 Å². The molecule has 0 fully saturated rings. The fourth-order valence-electron chi connectivity index (χ4n) is 6.33. The van der Waals surface area contributed by atoms with E-state index >= 15 is 0 Å². The second-order valence-corrected chi connectivity index (χ2v) is 12.1. The number of aryl methyl sites for hydroxylation is 2. The number of ether oxygens (including phenoxy) is 3. The minimum atomic E-state index is -0.0624. The Kier molecular flexibility index (Phi) is 9.81. The molecule has 0 saturated carbocycles. The second kappa shape index (κ2) is 15.1. The van der Waals surface area contributed by atoms with Crippen LogP contribution in [0.4, 0.5) is 0 Å². The maximum atomic E-state index is 14.1. The summed E-state index contributed by atoms with van der Waals surface area (Å²) in [5.74, 6) is 3.01. The molecular weight excluding hydrogens is 622 g/mol. The third-order valence-electron chi connectivity index (χ3n) is 8.88. The number of benzene rings is 3. The summed E-state index contributed by atoms with van der Waals surface area (Å²) < 4.78 is 20.9. The summed E-state index contributed by atoms with van der Waals surface area (Å²) in [4.78, 5) is 40.2. The van der Waals surface area contributed by atoms with Gasteiger partial charge in [0.25, 0.3) is 5.91 Å². The van der Waals surface area contributed by atoms with Gasteiger partial charge in [0.15, 0.2) is 11.5 Å². The van der Waals surface area contributed by atoms with Crippen molar-refractivity contribution in [1.82, 2.24) is 34.1 Å². The number of para-hydroxylation sites is 1. The Labute approximate surface area is 284 Å². The van der Waals surface area contributed by atoms with Crippen molar-refractivity contribution in [1.29, 1.82) is 0 Å². The first-order valence-corrected chi connectivity index (χ1v) is 16.8. The molecule has 49 heavy (non-hydrogen) atoms. The van der Waals surface area contributed by atoms with Crippen molar-refractivity contribution in [3.05, 3.63) is 103 Å². The molecule has 0 unspecified atom stereocenters. The van der Waals surface area contributed by atoms with Gasteiger partial charge >= 0.3 is 0 Å². The molecule has 252 valence electrons. The topological polar surface area (TPSA) is 117 Å². The first-order chi connectivity index (χ1) is 24.1. The lowest BCUT2D eigenvalue weighted by atomic mass is 10.1. The number of nitrogens with zero attached hydrogens (tertiary/aromatic N) is 7. The van der Waals surface area contributed by atoms with E-state index in [-0.39, 0.29) is 18.6 Å². The van der Waals surface area contributed by atoms with Crippen LogP contribution in [0.15, 0.2) is 91.8 Å². The van der Waals surface area contributed by atoms with Crippen molar-refractivity contribution in [3.8, 4) is 34.3 Å². The Balaban J connectivity index is 1.10. The molecule has 2 aliphatic heterocycles. The number of amides is 2. The highest BCUT2D eigenvalue weighted by Crippen LogP contribution is 2.33. The Morgan fingerprint density at radius 2 is 1.65 bits per heavy atom. The van der Waals surface area contributed by atoms with E-state index in [4.69, 9.17) is 14.2 Å². The van der Waals surface area contributed by atoms with Crippen LogP contribution in [0, 0.1) is 0 Å². The van der Waals surface area contributed by atoms with Crippen LogP contribution in [-0.4, -0.2) is 85.5 Å². The van der Waals surface area contributed by atoms with Gasteiger partial charge in [0.1, 0.15) is 30.8 Å². The molecule has 0 aliphatic carbocycles. The number of hydrogen-bond donors (Lipinski definition) is 0. The Morgan fingerprint density at radius 3 is 2.55 bits per heavy atom. The van der Waals surface area contributed by atoms with Crippen LogP contribution >= 0.6 is 0 Å². The normalized spacial score (nSPS) is 15.3. The number of rotatable bonds is 5. The first kappa shape index (κ1) is 31.9. The number of carbonyl (C=O) groups excluding carboxylic acids is 2. The molecule has 4 heterocycles. The predicted octanol–water partition coefficient (Wildman–Crippen LogP) is 5.03. The standard InChI is InChI=1S/C37H39N7O5/c45-35(14-12-28-11-13-33-34(23-28)49-27-48-33)41-16-3-4-17-43(37(46)31-9-1-2-10-32(31)44-26-38-25-40-44)19-6-18-42-20-15-39-36(42)29-7-5-8-30(24-29)47-22-21-41/h1-2,5,7-11,13,15,20,23-26H,3-4,6,12,14,16-19,21-22,27H2. The number of hydrogen-bond acceptors (Lipinski definition) is 8. The van der Waals surface area contributed by atoms with E-state index in [0.29, 0.717) is 69.2 Å². The van der Waals surface area contributed by atoms with E-state index in [9.17, 15) is 9.59 Å². The van der Waals surface area contributed by atoms with Gasteiger partial charge in [-0.2, -0.15) is 5.10 Å². The fourth-order valence-corrected chi connectivity index (χ4v) is 6.33. The quantitative estimate of drug-likeness (QED) is 0.258. The van der Waals surface area contributed by atoms with Gasteiger partial charge in [-0.1, -0.05) is 30.3 Å². The van der Waals surface area contributed by atoms with Gasteiger partial charge in [-0.3, -0.25) is 9.59 Å². The molecule has 0 atom stereocenters. The molecular formula is C37H39N7O5. The Hall–Kier alpha value is -5.65. The van der Waals surface area contributed by atoms with Crippen LogP contribution in [-0.2, 0) is 17.8 Å². The smallest absolute Gasteiger partial charge is 0.256 e. The maximum absolute atomic E-state index is 14.1. The van der Waals surface area contributed by atoms with E-state index < -0.39 is 0 Å². The predicted molar refractivity (Wildman–Crippen MR) is 182 cm³/mol. The van der Waals surface area contributed by atoms with Gasteiger partial charge in [-0.05, 0) is 67.6 Å². The molecule has 2 bridgehead atoms. The van der Waals surface area contributed by atoms with Gasteiger partial charge < -0.3 is 28.6 Å². The van der Waals surface area contributed by atoms with Crippen molar-refractivity contribution in [2.75, 3.05) is 39.6 Å². The highest BCUT2D eigenvalue weighted by molar-refractivity contribution is 5.97. The van der Waals surface area contributed by atoms with Crippen LogP contribution in [0.5, 0.6) is 17.2 Å². The van der Waals surface area contributed by atoms with Crippen LogP contribution in [0.1, 0.15) is 41.6 Å². The second-order valence-electron chi connectivity index (χ2n) is 12.1. The van der Waals surface area contributed by atoms with Gasteiger partial charge in [0.05, 0.1) is 17.8 Å². The highest BCUT2D eigenvalue weighted by Gasteiger charge is 2.21. The third kappa shape index (κ3) is 7.58. The minimum Gasteiger partial charge on any atom is -0.492 e. The first-order valence-electron chi connectivity index (χ1n) is 16.8. The average Bonchev–Trinajstić information content (AvgIpc) is 3.93. The van der Waals surface area contributed by atoms with Crippen molar-refractivity contribution in [2.45, 2.75) is 38.6 Å². The number of aromatic nitrogens is 5. The van der Waals surface area contributed by atoms with Crippen LogP contribution in [0.25, 0.3) is 17.1 Å². The summed E-state index contributed by atoms with van der Waals surface area (Å²) >= 11 is 0. The summed E-state index contributed by atoms with van der Waals surface area (Å²) in [7, 11) is 0. The number of imidazole rings is 1. The summed E-state index contributed by atoms with van der Waals surface area (Å²) in [6.45, 7) is 3.40.